The zero-order valence-corrected chi connectivity index (χ0v) is 32.6. The number of nitrogens with zero attached hydrogens (tertiary/aromatic N) is 1. The van der Waals surface area contributed by atoms with Crippen LogP contribution in [0.25, 0.3) is 0 Å². The molecule has 0 spiro atoms. The smallest absolute Gasteiger partial charge is 0.326 e. The molecule has 0 saturated carbocycles. The topological polar surface area (TPSA) is 180 Å². The van der Waals surface area contributed by atoms with E-state index < -0.39 is 45.5 Å². The molecule has 0 aliphatic carbocycles. The number of pyridine rings is 1. The number of nitrogens with one attached hydrogen (secondary N) is 4. The number of amides is 1. The maximum absolute atomic E-state index is 13.9. The first kappa shape index (κ1) is 39.8. The molecule has 4 aromatic rings. The summed E-state index contributed by atoms with van der Waals surface area (Å²) in [5, 5.41) is 23.4. The highest BCUT2D eigenvalue weighted by atomic mass is 32.2. The number of carboxylic acids is 1. The summed E-state index contributed by atoms with van der Waals surface area (Å²) in [7, 11) is -4.15. The minimum Gasteiger partial charge on any atom is -0.487 e. The molecule has 13 heteroatoms. The fourth-order valence-electron chi connectivity index (χ4n) is 7.07. The van der Waals surface area contributed by atoms with Crippen LogP contribution in [0, 0.1) is 40.0 Å². The Bertz CT molecular complexity index is 2230. The van der Waals surface area contributed by atoms with E-state index >= 15 is 0 Å². The summed E-state index contributed by atoms with van der Waals surface area (Å²) in [6, 6.07) is 16.6. The first-order valence-corrected chi connectivity index (χ1v) is 19.4. The summed E-state index contributed by atoms with van der Waals surface area (Å²) in [6.07, 6.45) is 3.12. The second-order valence-electron chi connectivity index (χ2n) is 14.7. The van der Waals surface area contributed by atoms with Crippen molar-refractivity contribution in [2.24, 2.45) is 0 Å². The Morgan fingerprint density at radius 2 is 1.57 bits per heavy atom. The Balaban J connectivity index is 1.25. The molecule has 54 heavy (non-hydrogen) atoms. The van der Waals surface area contributed by atoms with Crippen molar-refractivity contribution < 1.29 is 27.9 Å². The maximum atomic E-state index is 13.9. The lowest BCUT2D eigenvalue weighted by atomic mass is 9.88. The van der Waals surface area contributed by atoms with Crippen molar-refractivity contribution in [2.45, 2.75) is 96.7 Å². The van der Waals surface area contributed by atoms with Gasteiger partial charge in [0.25, 0.3) is 21.5 Å². The number of benzene rings is 3. The van der Waals surface area contributed by atoms with Crippen molar-refractivity contribution in [1.82, 2.24) is 19.9 Å². The highest BCUT2D eigenvalue weighted by molar-refractivity contribution is 7.90. The molecule has 5 rings (SSSR count). The minimum absolute atomic E-state index is 0.0396. The fraction of sp³-hybridized carbons (Fsp3) is 0.366. The van der Waals surface area contributed by atoms with E-state index in [1.165, 1.54) is 10.6 Å². The van der Waals surface area contributed by atoms with Gasteiger partial charge in [0, 0.05) is 12.7 Å². The van der Waals surface area contributed by atoms with Gasteiger partial charge in [-0.1, -0.05) is 59.7 Å². The zero-order valence-electron chi connectivity index (χ0n) is 31.8. The van der Waals surface area contributed by atoms with Gasteiger partial charge in [0.1, 0.15) is 23.0 Å². The molecular formula is C41H49N5O7S. The summed E-state index contributed by atoms with van der Waals surface area (Å²) in [5.41, 5.74) is 5.26. The average Bonchev–Trinajstić information content (AvgIpc) is 3.08. The molecule has 286 valence electrons. The predicted octanol–water partition coefficient (Wildman–Crippen LogP) is 5.60. The third-order valence-electron chi connectivity index (χ3n) is 9.96. The Morgan fingerprint density at radius 1 is 0.944 bits per heavy atom. The number of aromatic nitrogens is 1. The Kier molecular flexibility index (Phi) is 11.7. The summed E-state index contributed by atoms with van der Waals surface area (Å²) >= 11 is 0. The van der Waals surface area contributed by atoms with Gasteiger partial charge in [0.2, 0.25) is 5.96 Å². The molecule has 1 aliphatic heterocycles. The first-order valence-electron chi connectivity index (χ1n) is 17.9. The van der Waals surface area contributed by atoms with Crippen molar-refractivity contribution in [3.8, 4) is 5.75 Å². The monoisotopic (exact) mass is 755 g/mol. The quantitative estimate of drug-likeness (QED) is 0.0705. The van der Waals surface area contributed by atoms with Crippen LogP contribution in [-0.4, -0.2) is 54.1 Å². The summed E-state index contributed by atoms with van der Waals surface area (Å²) in [4.78, 5) is 39.6. The summed E-state index contributed by atoms with van der Waals surface area (Å²) in [5.74, 6) is -1.89. The van der Waals surface area contributed by atoms with Crippen LogP contribution in [0.1, 0.15) is 94.0 Å². The van der Waals surface area contributed by atoms with Crippen molar-refractivity contribution in [1.29, 1.82) is 5.41 Å². The summed E-state index contributed by atoms with van der Waals surface area (Å²) in [6.45, 7) is 13.3. The number of carbonyl (C=O) groups is 2. The molecule has 0 bridgehead atoms. The third kappa shape index (κ3) is 8.68. The fourth-order valence-corrected chi connectivity index (χ4v) is 8.59. The highest BCUT2D eigenvalue weighted by Crippen LogP contribution is 2.42. The molecule has 3 aromatic carbocycles. The van der Waals surface area contributed by atoms with Gasteiger partial charge in [-0.3, -0.25) is 15.0 Å². The highest BCUT2D eigenvalue weighted by Gasteiger charge is 2.34. The van der Waals surface area contributed by atoms with Gasteiger partial charge in [-0.2, -0.15) is 0 Å². The number of carboxylic acid groups (broad SMARTS) is 1. The third-order valence-corrected chi connectivity index (χ3v) is 11.6. The Hall–Kier alpha value is -5.43. The molecule has 1 aliphatic rings. The molecular weight excluding hydrogens is 707 g/mol. The Morgan fingerprint density at radius 3 is 2.17 bits per heavy atom. The second-order valence-corrected chi connectivity index (χ2v) is 16.3. The first-order chi connectivity index (χ1) is 25.4. The number of aryl methyl sites for hydroxylation is 2. The number of hydrogen-bond acceptors (Lipinski definition) is 7. The molecule has 1 aromatic heterocycles. The van der Waals surface area contributed by atoms with E-state index in [-0.39, 0.29) is 35.4 Å². The number of guanidine groups is 1. The van der Waals surface area contributed by atoms with Crippen LogP contribution in [0.2, 0.25) is 0 Å². The van der Waals surface area contributed by atoms with E-state index in [0.29, 0.717) is 23.3 Å². The van der Waals surface area contributed by atoms with Gasteiger partial charge in [-0.05, 0) is 120 Å². The van der Waals surface area contributed by atoms with Gasteiger partial charge in [-0.15, -0.1) is 0 Å². The Labute approximate surface area is 316 Å². The van der Waals surface area contributed by atoms with E-state index in [4.69, 9.17) is 10.1 Å². The average molecular weight is 756 g/mol. The van der Waals surface area contributed by atoms with Gasteiger partial charge in [0.05, 0.1) is 10.9 Å². The largest absolute Gasteiger partial charge is 0.487 e. The number of hydrogen-bond donors (Lipinski definition) is 5. The number of sulfonamides is 1. The van der Waals surface area contributed by atoms with Gasteiger partial charge in [-0.25, -0.2) is 17.9 Å². The molecule has 12 nitrogen and oxygen atoms in total. The molecule has 0 radical (unpaired) electrons. The van der Waals surface area contributed by atoms with E-state index in [2.05, 4.69) is 15.4 Å². The van der Waals surface area contributed by atoms with Crippen LogP contribution in [0.5, 0.6) is 5.75 Å². The lowest BCUT2D eigenvalue weighted by Crippen LogP contribution is -2.44. The van der Waals surface area contributed by atoms with Crippen molar-refractivity contribution in [3.05, 3.63) is 127 Å². The number of fused-ring (bicyclic) bond motifs is 1. The molecule has 5 N–H and O–H groups in total. The van der Waals surface area contributed by atoms with Crippen LogP contribution < -0.4 is 25.7 Å². The summed E-state index contributed by atoms with van der Waals surface area (Å²) < 4.78 is 37.1. The molecule has 2 heterocycles. The lowest BCUT2D eigenvalue weighted by molar-refractivity contribution is -0.139. The predicted molar refractivity (Wildman–Crippen MR) is 208 cm³/mol. The van der Waals surface area contributed by atoms with E-state index in [0.717, 1.165) is 39.8 Å². The van der Waals surface area contributed by atoms with Crippen molar-refractivity contribution in [2.75, 3.05) is 6.54 Å². The minimum atomic E-state index is -4.15. The van der Waals surface area contributed by atoms with E-state index in [1.807, 2.05) is 83.1 Å². The molecule has 0 saturated heterocycles. The molecule has 0 unspecified atom stereocenters. The lowest BCUT2D eigenvalue weighted by Gasteiger charge is -2.35. The number of rotatable bonds is 12. The van der Waals surface area contributed by atoms with Crippen molar-refractivity contribution in [3.63, 3.8) is 0 Å². The van der Waals surface area contributed by atoms with Crippen LogP contribution in [-0.2, 0) is 21.2 Å². The van der Waals surface area contributed by atoms with Crippen LogP contribution in [0.15, 0.2) is 76.6 Å². The number of ether oxygens (including phenoxy) is 1. The molecule has 1 amide bonds. The van der Waals surface area contributed by atoms with Crippen LogP contribution in [0.3, 0.4) is 0 Å². The number of aliphatic carboxylic acids is 1. The van der Waals surface area contributed by atoms with E-state index in [1.54, 1.807) is 26.1 Å². The van der Waals surface area contributed by atoms with Gasteiger partial charge < -0.3 is 25.0 Å². The van der Waals surface area contributed by atoms with Crippen LogP contribution in [0.4, 0.5) is 0 Å². The molecule has 0 fully saturated rings. The van der Waals surface area contributed by atoms with Crippen molar-refractivity contribution >= 4 is 27.9 Å². The SMILES string of the molecule is Cc1cccc(C(c2cccc(C)c2)n2cccc(C(=O)N[C@@H](CCCNC(=N)NS(=O)(=O)c3c(C)c(C)c4c(c3C)CCC(C)(C)O4)C(=O)O)c2=O)c1. The van der Waals surface area contributed by atoms with Gasteiger partial charge in [0.15, 0.2) is 0 Å². The normalized spacial score (nSPS) is 14.1. The van der Waals surface area contributed by atoms with Gasteiger partial charge >= 0.3 is 5.97 Å². The zero-order chi connectivity index (χ0) is 39.5. The maximum Gasteiger partial charge on any atom is 0.326 e. The molecule has 1 atom stereocenters. The standard InChI is InChI=1S/C41H49N5O7S/c1-24-12-8-14-29(22-24)34(30-15-9-13-25(2)23-30)46-21-11-16-32(38(46)48)37(47)44-33(39(49)50)17-10-20-43-40(42)45-54(51,52)36-27(4)26(3)35-31(28(36)5)18-19-41(6,7)53-35/h8-9,11-16,21-23,33-34H,10,17-20H2,1-7H3,(H,44,47)(H,49,50)(H3,42,43,45)/t33-/m0/s1. The second kappa shape index (κ2) is 15.9. The van der Waals surface area contributed by atoms with Crippen LogP contribution >= 0.6 is 0 Å². The van der Waals surface area contributed by atoms with E-state index in [9.17, 15) is 27.9 Å². The number of carbonyl (C=O) groups excluding carboxylic acids is 1.